The average Bonchev–Trinajstić information content (AvgIpc) is 2.04. The molecule has 0 aliphatic heterocycles. The zero-order valence-electron chi connectivity index (χ0n) is 7.62. The molecule has 13 heavy (non-hydrogen) atoms. The Kier molecular flexibility index (Phi) is 3.33. The van der Waals surface area contributed by atoms with E-state index in [1.807, 2.05) is 6.92 Å². The van der Waals surface area contributed by atoms with Gasteiger partial charge in [-0.05, 0) is 13.0 Å². The van der Waals surface area contributed by atoms with Gasteiger partial charge in [0.1, 0.15) is 0 Å². The zero-order valence-corrected chi connectivity index (χ0v) is 8.38. The van der Waals surface area contributed by atoms with Crippen molar-refractivity contribution in [1.82, 2.24) is 4.98 Å². The Hall–Kier alpha value is -1.00. The molecule has 1 rings (SSSR count). The molecular weight excluding hydrogens is 190 g/mol. The molecule has 1 heterocycles. The molecule has 72 valence electrons. The van der Waals surface area contributed by atoms with Crippen LogP contribution in [-0.2, 0) is 4.84 Å². The number of aromatic nitrogens is 1. The molecule has 0 unspecified atom stereocenters. The Balaban J connectivity index is 2.88. The fourth-order valence-electron chi connectivity index (χ4n) is 0.966. The summed E-state index contributed by atoms with van der Waals surface area (Å²) in [5.74, 6) is 0.575. The summed E-state index contributed by atoms with van der Waals surface area (Å²) in [6, 6.07) is 1.64. The lowest BCUT2D eigenvalue weighted by molar-refractivity contribution is 0.133. The molecular formula is C8H12ClN3O. The van der Waals surface area contributed by atoms with Crippen molar-refractivity contribution in [3.8, 4) is 0 Å². The second-order valence-corrected chi connectivity index (χ2v) is 2.92. The fourth-order valence-corrected chi connectivity index (χ4v) is 1.13. The maximum atomic E-state index is 5.70. The molecule has 0 bridgehead atoms. The first-order valence-electron chi connectivity index (χ1n) is 3.92. The smallest absolute Gasteiger partial charge is 0.175 e. The van der Waals surface area contributed by atoms with Crippen molar-refractivity contribution in [2.45, 2.75) is 6.92 Å². The van der Waals surface area contributed by atoms with Gasteiger partial charge in [-0.3, -0.25) is 4.84 Å². The van der Waals surface area contributed by atoms with Crippen LogP contribution >= 0.6 is 11.6 Å². The van der Waals surface area contributed by atoms with Crippen molar-refractivity contribution in [1.29, 1.82) is 0 Å². The van der Waals surface area contributed by atoms with Crippen molar-refractivity contribution in [2.24, 2.45) is 0 Å². The van der Waals surface area contributed by atoms with Gasteiger partial charge in [0.2, 0.25) is 0 Å². The van der Waals surface area contributed by atoms with Crippen molar-refractivity contribution in [2.75, 3.05) is 24.5 Å². The van der Waals surface area contributed by atoms with Crippen LogP contribution in [0.15, 0.2) is 12.3 Å². The number of hydrogen-bond donors (Lipinski definition) is 1. The highest BCUT2D eigenvalue weighted by atomic mass is 35.5. The molecule has 0 atom stereocenters. The number of anilines is 2. The van der Waals surface area contributed by atoms with E-state index in [9.17, 15) is 0 Å². The van der Waals surface area contributed by atoms with Gasteiger partial charge in [-0.1, -0.05) is 11.6 Å². The maximum absolute atomic E-state index is 5.70. The largest absolute Gasteiger partial charge is 0.396 e. The predicted octanol–water partition coefficient (Wildman–Crippen LogP) is 1.70. The van der Waals surface area contributed by atoms with Crippen LogP contribution in [0.3, 0.4) is 0 Å². The van der Waals surface area contributed by atoms with Crippen molar-refractivity contribution in [3.63, 3.8) is 0 Å². The van der Waals surface area contributed by atoms with Gasteiger partial charge in [0.25, 0.3) is 0 Å². The molecule has 0 fully saturated rings. The SMILES string of the molecule is CCON(C)c1ncc(Cl)cc1N. The van der Waals surface area contributed by atoms with E-state index in [1.165, 1.54) is 11.3 Å². The minimum absolute atomic E-state index is 0.503. The third kappa shape index (κ3) is 2.47. The van der Waals surface area contributed by atoms with Gasteiger partial charge in [0.15, 0.2) is 5.82 Å². The summed E-state index contributed by atoms with van der Waals surface area (Å²) in [5.41, 5.74) is 6.19. The lowest BCUT2D eigenvalue weighted by atomic mass is 10.4. The van der Waals surface area contributed by atoms with E-state index in [2.05, 4.69) is 4.98 Å². The molecule has 0 aliphatic carbocycles. The second-order valence-electron chi connectivity index (χ2n) is 2.48. The first kappa shape index (κ1) is 10.1. The summed E-state index contributed by atoms with van der Waals surface area (Å²) in [7, 11) is 1.75. The van der Waals surface area contributed by atoms with Crippen molar-refractivity contribution in [3.05, 3.63) is 17.3 Å². The van der Waals surface area contributed by atoms with Crippen LogP contribution in [0, 0.1) is 0 Å². The maximum Gasteiger partial charge on any atom is 0.175 e. The van der Waals surface area contributed by atoms with Gasteiger partial charge in [-0.2, -0.15) is 0 Å². The molecule has 5 heteroatoms. The van der Waals surface area contributed by atoms with Gasteiger partial charge in [0, 0.05) is 13.2 Å². The molecule has 1 aromatic rings. The Bertz CT molecular complexity index is 293. The van der Waals surface area contributed by atoms with Crippen LogP contribution in [-0.4, -0.2) is 18.6 Å². The summed E-state index contributed by atoms with van der Waals surface area (Å²) < 4.78 is 0. The topological polar surface area (TPSA) is 51.4 Å². The third-order valence-corrected chi connectivity index (χ3v) is 1.69. The zero-order chi connectivity index (χ0) is 9.84. The minimum Gasteiger partial charge on any atom is -0.396 e. The van der Waals surface area contributed by atoms with Crippen LogP contribution in [0.1, 0.15) is 6.92 Å². The van der Waals surface area contributed by atoms with Crippen LogP contribution < -0.4 is 10.8 Å². The Morgan fingerprint density at radius 2 is 2.38 bits per heavy atom. The number of nitrogen functional groups attached to an aromatic ring is 1. The van der Waals surface area contributed by atoms with E-state index in [0.29, 0.717) is 23.1 Å². The number of nitrogens with two attached hydrogens (primary N) is 1. The lowest BCUT2D eigenvalue weighted by Gasteiger charge is -2.17. The first-order chi connectivity index (χ1) is 6.15. The third-order valence-electron chi connectivity index (χ3n) is 1.48. The molecule has 0 amide bonds. The highest BCUT2D eigenvalue weighted by molar-refractivity contribution is 6.30. The first-order valence-corrected chi connectivity index (χ1v) is 4.30. The number of hydroxylamine groups is 1. The second kappa shape index (κ2) is 4.30. The highest BCUT2D eigenvalue weighted by Crippen LogP contribution is 2.22. The van der Waals surface area contributed by atoms with Gasteiger partial charge >= 0.3 is 0 Å². The van der Waals surface area contributed by atoms with E-state index in [0.717, 1.165) is 0 Å². The van der Waals surface area contributed by atoms with Gasteiger partial charge < -0.3 is 5.73 Å². The van der Waals surface area contributed by atoms with Crippen LogP contribution in [0.5, 0.6) is 0 Å². The van der Waals surface area contributed by atoms with Crippen molar-refractivity contribution < 1.29 is 4.84 Å². The lowest BCUT2D eigenvalue weighted by Crippen LogP contribution is -2.19. The molecule has 2 N–H and O–H groups in total. The summed E-state index contributed by atoms with van der Waals surface area (Å²) in [6.07, 6.45) is 1.53. The van der Waals surface area contributed by atoms with E-state index in [-0.39, 0.29) is 0 Å². The number of rotatable bonds is 3. The predicted molar refractivity (Wildman–Crippen MR) is 53.7 cm³/mol. The monoisotopic (exact) mass is 201 g/mol. The van der Waals surface area contributed by atoms with Gasteiger partial charge in [0.05, 0.1) is 17.3 Å². The number of halogens is 1. The molecule has 0 radical (unpaired) electrons. The Morgan fingerprint density at radius 3 is 2.92 bits per heavy atom. The van der Waals surface area contributed by atoms with Gasteiger partial charge in [-0.25, -0.2) is 10.0 Å². The van der Waals surface area contributed by atoms with Crippen LogP contribution in [0.4, 0.5) is 11.5 Å². The standard InChI is InChI=1S/C8H12ClN3O/c1-3-13-12(2)8-7(10)4-6(9)5-11-8/h4-5H,3,10H2,1-2H3. The summed E-state index contributed by atoms with van der Waals surface area (Å²) >= 11 is 5.70. The summed E-state index contributed by atoms with van der Waals surface area (Å²) in [4.78, 5) is 9.24. The Labute approximate surface area is 82.2 Å². The fraction of sp³-hybridized carbons (Fsp3) is 0.375. The van der Waals surface area contributed by atoms with E-state index >= 15 is 0 Å². The number of hydrogen-bond acceptors (Lipinski definition) is 4. The number of pyridine rings is 1. The molecule has 4 nitrogen and oxygen atoms in total. The summed E-state index contributed by atoms with van der Waals surface area (Å²) in [6.45, 7) is 2.46. The molecule has 0 aliphatic rings. The molecule has 0 spiro atoms. The van der Waals surface area contributed by atoms with E-state index in [1.54, 1.807) is 13.1 Å². The van der Waals surface area contributed by atoms with E-state index in [4.69, 9.17) is 22.2 Å². The average molecular weight is 202 g/mol. The molecule has 0 aromatic carbocycles. The highest BCUT2D eigenvalue weighted by Gasteiger charge is 2.06. The minimum atomic E-state index is 0.503. The Morgan fingerprint density at radius 1 is 1.69 bits per heavy atom. The summed E-state index contributed by atoms with van der Waals surface area (Å²) in [5, 5.41) is 2.04. The van der Waals surface area contributed by atoms with Gasteiger partial charge in [-0.15, -0.1) is 0 Å². The molecule has 0 saturated heterocycles. The molecule has 1 aromatic heterocycles. The van der Waals surface area contributed by atoms with E-state index < -0.39 is 0 Å². The van der Waals surface area contributed by atoms with Crippen LogP contribution in [0.25, 0.3) is 0 Å². The normalized spacial score (nSPS) is 10.1. The van der Waals surface area contributed by atoms with Crippen LogP contribution in [0.2, 0.25) is 5.02 Å². The van der Waals surface area contributed by atoms with Crippen molar-refractivity contribution >= 4 is 23.1 Å². The molecule has 0 saturated carbocycles. The quantitative estimate of drug-likeness (QED) is 0.757. The number of nitrogens with zero attached hydrogens (tertiary/aromatic N) is 2.